The molecule has 0 bridgehead atoms. The quantitative estimate of drug-likeness (QED) is 0.763. The van der Waals surface area contributed by atoms with Crippen molar-refractivity contribution >= 4 is 17.7 Å². The molecule has 0 unspecified atom stereocenters. The molecular formula is C11H21NOS. The van der Waals surface area contributed by atoms with Gasteiger partial charge in [0.25, 0.3) is 0 Å². The Morgan fingerprint density at radius 1 is 1.43 bits per heavy atom. The topological polar surface area (TPSA) is 29.1 Å². The van der Waals surface area contributed by atoms with Crippen LogP contribution in [0.4, 0.5) is 0 Å². The minimum atomic E-state index is 0.216. The van der Waals surface area contributed by atoms with E-state index in [4.69, 9.17) is 0 Å². The lowest BCUT2D eigenvalue weighted by Crippen LogP contribution is -2.38. The minimum Gasteiger partial charge on any atom is -0.355 e. The van der Waals surface area contributed by atoms with E-state index in [1.165, 1.54) is 25.7 Å². The summed E-state index contributed by atoms with van der Waals surface area (Å²) in [4.78, 5) is 11.3. The van der Waals surface area contributed by atoms with Crippen LogP contribution in [-0.2, 0) is 4.79 Å². The van der Waals surface area contributed by atoms with Crippen LogP contribution in [0.1, 0.15) is 45.4 Å². The van der Waals surface area contributed by atoms with Crippen LogP contribution >= 0.6 is 11.8 Å². The van der Waals surface area contributed by atoms with Crippen molar-refractivity contribution in [3.8, 4) is 0 Å². The van der Waals surface area contributed by atoms with Gasteiger partial charge in [-0.15, -0.1) is 0 Å². The summed E-state index contributed by atoms with van der Waals surface area (Å²) >= 11 is 1.93. The maximum absolute atomic E-state index is 11.3. The van der Waals surface area contributed by atoms with Crippen molar-refractivity contribution < 1.29 is 4.79 Å². The van der Waals surface area contributed by atoms with E-state index in [1.807, 2.05) is 18.7 Å². The maximum atomic E-state index is 11.3. The molecule has 1 saturated carbocycles. The van der Waals surface area contributed by atoms with E-state index >= 15 is 0 Å². The van der Waals surface area contributed by atoms with E-state index in [0.29, 0.717) is 11.2 Å². The largest absolute Gasteiger partial charge is 0.355 e. The maximum Gasteiger partial charge on any atom is 0.220 e. The Bertz CT molecular complexity index is 188. The van der Waals surface area contributed by atoms with Crippen molar-refractivity contribution in [3.63, 3.8) is 0 Å². The van der Waals surface area contributed by atoms with E-state index in [0.717, 1.165) is 13.0 Å². The first kappa shape index (κ1) is 11.9. The summed E-state index contributed by atoms with van der Waals surface area (Å²) in [5.74, 6) is 0.216. The van der Waals surface area contributed by atoms with Crippen LogP contribution in [0.3, 0.4) is 0 Å². The Kier molecular flexibility index (Phi) is 4.79. The summed E-state index contributed by atoms with van der Waals surface area (Å²) in [6.45, 7) is 2.91. The van der Waals surface area contributed by atoms with Gasteiger partial charge in [0, 0.05) is 17.7 Å². The molecule has 2 nitrogen and oxygen atoms in total. The lowest BCUT2D eigenvalue weighted by atomic mass is 10.1. The molecule has 0 spiro atoms. The molecule has 3 heteroatoms. The highest BCUT2D eigenvalue weighted by Crippen LogP contribution is 2.39. The third-order valence-electron chi connectivity index (χ3n) is 3.03. The summed E-state index contributed by atoms with van der Waals surface area (Å²) in [5, 5.41) is 3.06. The van der Waals surface area contributed by atoms with Crippen molar-refractivity contribution in [2.45, 2.75) is 50.2 Å². The minimum absolute atomic E-state index is 0.216. The van der Waals surface area contributed by atoms with Crippen LogP contribution in [0.5, 0.6) is 0 Å². The van der Waals surface area contributed by atoms with Gasteiger partial charge in [0.1, 0.15) is 0 Å². The van der Waals surface area contributed by atoms with Crippen molar-refractivity contribution in [1.82, 2.24) is 5.32 Å². The highest BCUT2D eigenvalue weighted by atomic mass is 32.2. The zero-order valence-electron chi connectivity index (χ0n) is 9.27. The molecular weight excluding hydrogens is 194 g/mol. The summed E-state index contributed by atoms with van der Waals surface area (Å²) in [7, 11) is 0. The molecule has 1 fully saturated rings. The Morgan fingerprint density at radius 2 is 2.07 bits per heavy atom. The molecule has 0 radical (unpaired) electrons. The van der Waals surface area contributed by atoms with Crippen LogP contribution < -0.4 is 5.32 Å². The first-order valence-corrected chi connectivity index (χ1v) is 6.77. The third kappa shape index (κ3) is 3.19. The van der Waals surface area contributed by atoms with Crippen molar-refractivity contribution in [3.05, 3.63) is 0 Å². The predicted octanol–water partition coefficient (Wildman–Crippen LogP) is 2.58. The number of hydrogen-bond donors (Lipinski definition) is 1. The molecule has 0 saturated heterocycles. The van der Waals surface area contributed by atoms with Gasteiger partial charge in [0.2, 0.25) is 5.91 Å². The first-order valence-electron chi connectivity index (χ1n) is 5.54. The van der Waals surface area contributed by atoms with Gasteiger partial charge in [-0.3, -0.25) is 4.79 Å². The molecule has 1 rings (SSSR count). The number of nitrogens with one attached hydrogen (secondary N) is 1. The number of thioether (sulfide) groups is 1. The average Bonchev–Trinajstić information content (AvgIpc) is 2.65. The third-order valence-corrected chi connectivity index (χ3v) is 4.45. The second-order valence-electron chi connectivity index (χ2n) is 4.12. The molecule has 0 aromatic heterocycles. The lowest BCUT2D eigenvalue weighted by molar-refractivity contribution is -0.121. The first-order chi connectivity index (χ1) is 6.72. The van der Waals surface area contributed by atoms with Gasteiger partial charge in [-0.05, 0) is 25.5 Å². The van der Waals surface area contributed by atoms with Gasteiger partial charge in [-0.25, -0.2) is 0 Å². The highest BCUT2D eigenvalue weighted by Gasteiger charge is 2.32. The summed E-state index contributed by atoms with van der Waals surface area (Å²) in [5.41, 5.74) is 0. The van der Waals surface area contributed by atoms with Gasteiger partial charge in [-0.1, -0.05) is 19.8 Å². The fraction of sp³-hybridized carbons (Fsp3) is 0.909. The molecule has 0 atom stereocenters. The fourth-order valence-corrected chi connectivity index (χ4v) is 2.96. The standard InChI is InChI=1S/C11H21NOS/c1-3-6-10(13)12-9-11(14-2)7-4-5-8-11/h3-9H2,1-2H3,(H,12,13). The van der Waals surface area contributed by atoms with Gasteiger partial charge < -0.3 is 5.32 Å². The van der Waals surface area contributed by atoms with Gasteiger partial charge in [-0.2, -0.15) is 11.8 Å². The number of carbonyl (C=O) groups excluding carboxylic acids is 1. The van der Waals surface area contributed by atoms with E-state index in [1.54, 1.807) is 0 Å². The Morgan fingerprint density at radius 3 is 2.57 bits per heavy atom. The summed E-state index contributed by atoms with van der Waals surface area (Å²) in [6, 6.07) is 0. The smallest absolute Gasteiger partial charge is 0.220 e. The average molecular weight is 215 g/mol. The predicted molar refractivity (Wildman–Crippen MR) is 62.6 cm³/mol. The van der Waals surface area contributed by atoms with E-state index in [-0.39, 0.29) is 5.91 Å². The summed E-state index contributed by atoms with van der Waals surface area (Å²) < 4.78 is 0.351. The van der Waals surface area contributed by atoms with Crippen molar-refractivity contribution in [2.24, 2.45) is 0 Å². The Hall–Kier alpha value is -0.180. The van der Waals surface area contributed by atoms with Crippen molar-refractivity contribution in [1.29, 1.82) is 0 Å². The van der Waals surface area contributed by atoms with Crippen LogP contribution in [-0.4, -0.2) is 23.5 Å². The number of hydrogen-bond acceptors (Lipinski definition) is 2. The second kappa shape index (κ2) is 5.64. The fourth-order valence-electron chi connectivity index (χ4n) is 2.05. The number of rotatable bonds is 5. The highest BCUT2D eigenvalue weighted by molar-refractivity contribution is 8.00. The zero-order chi connectivity index (χ0) is 10.4. The van der Waals surface area contributed by atoms with Crippen molar-refractivity contribution in [2.75, 3.05) is 12.8 Å². The molecule has 0 heterocycles. The number of carbonyl (C=O) groups is 1. The van der Waals surface area contributed by atoms with Crippen LogP contribution in [0.15, 0.2) is 0 Å². The molecule has 0 aliphatic heterocycles. The molecule has 0 aromatic carbocycles. The normalized spacial score (nSPS) is 19.6. The molecule has 1 aliphatic rings. The van der Waals surface area contributed by atoms with E-state index < -0.39 is 0 Å². The molecule has 1 aliphatic carbocycles. The van der Waals surface area contributed by atoms with Gasteiger partial charge in [0.15, 0.2) is 0 Å². The van der Waals surface area contributed by atoms with Gasteiger partial charge >= 0.3 is 0 Å². The number of amides is 1. The molecule has 1 N–H and O–H groups in total. The van der Waals surface area contributed by atoms with Crippen LogP contribution in [0.2, 0.25) is 0 Å². The van der Waals surface area contributed by atoms with E-state index in [9.17, 15) is 4.79 Å². The molecule has 1 amide bonds. The second-order valence-corrected chi connectivity index (χ2v) is 5.40. The summed E-state index contributed by atoms with van der Waals surface area (Å²) in [6.07, 6.45) is 8.95. The molecule has 82 valence electrons. The van der Waals surface area contributed by atoms with Gasteiger partial charge in [0.05, 0.1) is 0 Å². The SMILES string of the molecule is CCCC(=O)NCC1(SC)CCCC1. The van der Waals surface area contributed by atoms with E-state index in [2.05, 4.69) is 11.6 Å². The van der Waals surface area contributed by atoms with Crippen LogP contribution in [0.25, 0.3) is 0 Å². The van der Waals surface area contributed by atoms with Crippen LogP contribution in [0, 0.1) is 0 Å². The molecule has 14 heavy (non-hydrogen) atoms. The Balaban J connectivity index is 2.30. The lowest BCUT2D eigenvalue weighted by Gasteiger charge is -2.26. The molecule has 0 aromatic rings. The zero-order valence-corrected chi connectivity index (χ0v) is 10.1. The monoisotopic (exact) mass is 215 g/mol. The Labute approximate surface area is 91.2 Å².